The van der Waals surface area contributed by atoms with Gasteiger partial charge >= 0.3 is 0 Å². The third-order valence-corrected chi connectivity index (χ3v) is 3.62. The van der Waals surface area contributed by atoms with Crippen molar-refractivity contribution in [3.8, 4) is 6.07 Å². The molecule has 0 radical (unpaired) electrons. The van der Waals surface area contributed by atoms with Gasteiger partial charge in [-0.15, -0.1) is 0 Å². The van der Waals surface area contributed by atoms with E-state index in [0.29, 0.717) is 12.8 Å². The number of rotatable bonds is 2. The molecule has 0 N–H and O–H groups in total. The molecule has 1 amide bonds. The van der Waals surface area contributed by atoms with E-state index in [9.17, 15) is 4.79 Å². The number of anilines is 1. The first-order chi connectivity index (χ1) is 8.00. The summed E-state index contributed by atoms with van der Waals surface area (Å²) in [4.78, 5) is 14.0. The van der Waals surface area contributed by atoms with Gasteiger partial charge < -0.3 is 4.90 Å². The Morgan fingerprint density at radius 3 is 2.82 bits per heavy atom. The minimum atomic E-state index is -0.534. The molecule has 1 heterocycles. The van der Waals surface area contributed by atoms with Crippen LogP contribution in [-0.4, -0.2) is 13.0 Å². The molecule has 1 aliphatic rings. The Labute approximate surface area is 102 Å². The smallest absolute Gasteiger partial charge is 0.237 e. The first-order valence-electron chi connectivity index (χ1n) is 5.77. The SMILES string of the molecule is Cc1ccc2c(c1)N(C)C(=O)C2(C)CCC#N. The average molecular weight is 228 g/mol. The second-order valence-electron chi connectivity index (χ2n) is 4.87. The van der Waals surface area contributed by atoms with Crippen molar-refractivity contribution in [2.24, 2.45) is 0 Å². The molecule has 0 fully saturated rings. The summed E-state index contributed by atoms with van der Waals surface area (Å²) in [5, 5.41) is 8.71. The predicted molar refractivity (Wildman–Crippen MR) is 66.8 cm³/mol. The van der Waals surface area contributed by atoms with E-state index in [4.69, 9.17) is 5.26 Å². The topological polar surface area (TPSA) is 44.1 Å². The van der Waals surface area contributed by atoms with E-state index >= 15 is 0 Å². The first-order valence-corrected chi connectivity index (χ1v) is 5.77. The van der Waals surface area contributed by atoms with Crippen molar-refractivity contribution in [2.45, 2.75) is 32.1 Å². The molecule has 1 aromatic carbocycles. The quantitative estimate of drug-likeness (QED) is 0.780. The van der Waals surface area contributed by atoms with Gasteiger partial charge in [0.05, 0.1) is 11.5 Å². The van der Waals surface area contributed by atoms with Gasteiger partial charge in [-0.2, -0.15) is 5.26 Å². The van der Waals surface area contributed by atoms with E-state index in [2.05, 4.69) is 6.07 Å². The predicted octanol–water partition coefficient (Wildman–Crippen LogP) is 2.53. The lowest BCUT2D eigenvalue weighted by atomic mass is 9.79. The van der Waals surface area contributed by atoms with Crippen LogP contribution < -0.4 is 4.90 Å². The van der Waals surface area contributed by atoms with Crippen LogP contribution in [0.2, 0.25) is 0 Å². The lowest BCUT2D eigenvalue weighted by Crippen LogP contribution is -2.35. The van der Waals surface area contributed by atoms with Gasteiger partial charge in [-0.3, -0.25) is 4.79 Å². The van der Waals surface area contributed by atoms with Crippen LogP contribution in [-0.2, 0) is 10.2 Å². The highest BCUT2D eigenvalue weighted by molar-refractivity contribution is 6.07. The molecule has 1 unspecified atom stereocenters. The standard InChI is InChI=1S/C14H16N2O/c1-10-5-6-11-12(9-10)16(3)13(17)14(11,2)7-4-8-15/h5-6,9H,4,7H2,1-3H3. The van der Waals surface area contributed by atoms with Crippen molar-refractivity contribution < 1.29 is 4.79 Å². The Morgan fingerprint density at radius 1 is 1.47 bits per heavy atom. The van der Waals surface area contributed by atoms with Crippen molar-refractivity contribution in [1.82, 2.24) is 0 Å². The highest BCUT2D eigenvalue weighted by atomic mass is 16.2. The van der Waals surface area contributed by atoms with E-state index < -0.39 is 5.41 Å². The highest BCUT2D eigenvalue weighted by Crippen LogP contribution is 2.43. The van der Waals surface area contributed by atoms with Gasteiger partial charge in [0.1, 0.15) is 0 Å². The average Bonchev–Trinajstić information content (AvgIpc) is 2.50. The molecule has 1 aliphatic heterocycles. The lowest BCUT2D eigenvalue weighted by molar-refractivity contribution is -0.122. The van der Waals surface area contributed by atoms with E-state index in [1.165, 1.54) is 0 Å². The van der Waals surface area contributed by atoms with Crippen molar-refractivity contribution in [1.29, 1.82) is 5.26 Å². The minimum Gasteiger partial charge on any atom is -0.314 e. The molecule has 17 heavy (non-hydrogen) atoms. The van der Waals surface area contributed by atoms with Crippen LogP contribution in [0.3, 0.4) is 0 Å². The van der Waals surface area contributed by atoms with E-state index in [1.54, 1.807) is 11.9 Å². The monoisotopic (exact) mass is 228 g/mol. The molecule has 1 atom stereocenters. The molecule has 0 bridgehead atoms. The summed E-state index contributed by atoms with van der Waals surface area (Å²) in [6, 6.07) is 8.20. The number of likely N-dealkylation sites (N-methyl/N-ethyl adjacent to an activating group) is 1. The fourth-order valence-electron chi connectivity index (χ4n) is 2.53. The van der Waals surface area contributed by atoms with Crippen LogP contribution in [0, 0.1) is 18.3 Å². The number of amides is 1. The Morgan fingerprint density at radius 2 is 2.18 bits per heavy atom. The van der Waals surface area contributed by atoms with Gasteiger partial charge in [-0.25, -0.2) is 0 Å². The molecule has 0 saturated heterocycles. The maximum atomic E-state index is 12.3. The van der Waals surface area contributed by atoms with Crippen LogP contribution in [0.5, 0.6) is 0 Å². The zero-order chi connectivity index (χ0) is 12.6. The highest BCUT2D eigenvalue weighted by Gasteiger charge is 2.45. The summed E-state index contributed by atoms with van der Waals surface area (Å²) in [6.45, 7) is 3.95. The molecule has 0 spiro atoms. The molecule has 3 nitrogen and oxygen atoms in total. The molecule has 0 saturated carbocycles. The molecular weight excluding hydrogens is 212 g/mol. The zero-order valence-electron chi connectivity index (χ0n) is 10.4. The van der Waals surface area contributed by atoms with E-state index in [0.717, 1.165) is 16.8 Å². The van der Waals surface area contributed by atoms with Gasteiger partial charge in [-0.1, -0.05) is 12.1 Å². The van der Waals surface area contributed by atoms with Crippen molar-refractivity contribution in [3.63, 3.8) is 0 Å². The summed E-state index contributed by atoms with van der Waals surface area (Å²) in [6.07, 6.45) is 0.992. The van der Waals surface area contributed by atoms with Crippen LogP contribution in [0.15, 0.2) is 18.2 Å². The van der Waals surface area contributed by atoms with Gasteiger partial charge in [-0.05, 0) is 37.5 Å². The van der Waals surface area contributed by atoms with Gasteiger partial charge in [0.15, 0.2) is 0 Å². The summed E-state index contributed by atoms with van der Waals surface area (Å²) < 4.78 is 0. The minimum absolute atomic E-state index is 0.0911. The van der Waals surface area contributed by atoms with Crippen molar-refractivity contribution in [2.75, 3.05) is 11.9 Å². The first kappa shape index (κ1) is 11.7. The number of fused-ring (bicyclic) bond motifs is 1. The van der Waals surface area contributed by atoms with Crippen LogP contribution in [0.4, 0.5) is 5.69 Å². The van der Waals surface area contributed by atoms with Crippen LogP contribution in [0.1, 0.15) is 30.9 Å². The molecule has 0 aliphatic carbocycles. The van der Waals surface area contributed by atoms with Crippen LogP contribution >= 0.6 is 0 Å². The number of benzene rings is 1. The normalized spacial score (nSPS) is 22.5. The molecule has 88 valence electrons. The molecule has 0 aromatic heterocycles. The molecule has 2 rings (SSSR count). The van der Waals surface area contributed by atoms with E-state index in [1.807, 2.05) is 32.0 Å². The van der Waals surface area contributed by atoms with E-state index in [-0.39, 0.29) is 5.91 Å². The summed E-state index contributed by atoms with van der Waals surface area (Å²) >= 11 is 0. The third-order valence-electron chi connectivity index (χ3n) is 3.62. The summed E-state index contributed by atoms with van der Waals surface area (Å²) in [7, 11) is 1.80. The molecular formula is C14H16N2O. The molecule has 1 aromatic rings. The Balaban J connectivity index is 2.52. The number of hydrogen-bond donors (Lipinski definition) is 0. The second-order valence-corrected chi connectivity index (χ2v) is 4.87. The van der Waals surface area contributed by atoms with Gasteiger partial charge in [0.25, 0.3) is 0 Å². The Kier molecular flexibility index (Phi) is 2.66. The number of hydrogen-bond acceptors (Lipinski definition) is 2. The number of nitriles is 1. The summed E-state index contributed by atoms with van der Waals surface area (Å²) in [5.74, 6) is 0.0911. The number of carbonyl (C=O) groups excluding carboxylic acids is 1. The largest absolute Gasteiger partial charge is 0.314 e. The summed E-state index contributed by atoms with van der Waals surface area (Å²) in [5.41, 5.74) is 2.64. The van der Waals surface area contributed by atoms with Crippen LogP contribution in [0.25, 0.3) is 0 Å². The number of nitrogens with zero attached hydrogens (tertiary/aromatic N) is 2. The lowest BCUT2D eigenvalue weighted by Gasteiger charge is -2.21. The van der Waals surface area contributed by atoms with Gasteiger partial charge in [0, 0.05) is 19.2 Å². The number of carbonyl (C=O) groups is 1. The van der Waals surface area contributed by atoms with Crippen molar-refractivity contribution in [3.05, 3.63) is 29.3 Å². The van der Waals surface area contributed by atoms with Crippen molar-refractivity contribution >= 4 is 11.6 Å². The Bertz CT molecular complexity index is 515. The van der Waals surface area contributed by atoms with Gasteiger partial charge in [0.2, 0.25) is 5.91 Å². The fraction of sp³-hybridized carbons (Fsp3) is 0.429. The maximum absolute atomic E-state index is 12.3. The Hall–Kier alpha value is -1.82. The maximum Gasteiger partial charge on any atom is 0.237 e. The number of aryl methyl sites for hydroxylation is 1. The fourth-order valence-corrected chi connectivity index (χ4v) is 2.53. The second kappa shape index (κ2) is 3.89. The molecule has 3 heteroatoms. The zero-order valence-corrected chi connectivity index (χ0v) is 10.4. The third kappa shape index (κ3) is 1.61.